The summed E-state index contributed by atoms with van der Waals surface area (Å²) in [4.78, 5) is 28.9. The Labute approximate surface area is 247 Å². The third-order valence-electron chi connectivity index (χ3n) is 7.78. The van der Waals surface area contributed by atoms with Gasteiger partial charge in [-0.2, -0.15) is 0 Å². The quantitative estimate of drug-likeness (QED) is 0.359. The van der Waals surface area contributed by atoms with Crippen molar-refractivity contribution in [1.29, 1.82) is 0 Å². The van der Waals surface area contributed by atoms with Gasteiger partial charge in [-0.25, -0.2) is 8.42 Å². The Balaban J connectivity index is 1.45. The number of hydrogen-bond acceptors (Lipinski definition) is 6. The van der Waals surface area contributed by atoms with Crippen LogP contribution in [0.25, 0.3) is 0 Å². The minimum Gasteiger partial charge on any atom is -0.486 e. The molecule has 1 N–H and O–H groups in total. The molecular weight excluding hydrogens is 554 g/mol. The van der Waals surface area contributed by atoms with E-state index in [0.29, 0.717) is 31.1 Å². The lowest BCUT2D eigenvalue weighted by Gasteiger charge is -2.32. The summed E-state index contributed by atoms with van der Waals surface area (Å²) in [5.74, 6) is 0.203. The first-order valence-electron chi connectivity index (χ1n) is 14.4. The maximum Gasteiger partial charge on any atom is 0.264 e. The Bertz CT molecular complexity index is 1480. The molecule has 42 heavy (non-hydrogen) atoms. The molecule has 10 heteroatoms. The van der Waals surface area contributed by atoms with Crippen LogP contribution in [-0.4, -0.2) is 63.5 Å². The number of fused-ring (bicyclic) bond motifs is 1. The van der Waals surface area contributed by atoms with Crippen molar-refractivity contribution < 1.29 is 27.5 Å². The monoisotopic (exact) mass is 591 g/mol. The summed E-state index contributed by atoms with van der Waals surface area (Å²) < 4.78 is 40.4. The maximum absolute atomic E-state index is 14.1. The van der Waals surface area contributed by atoms with Crippen LogP contribution < -0.4 is 19.1 Å². The van der Waals surface area contributed by atoms with E-state index >= 15 is 0 Å². The molecule has 1 fully saturated rings. The van der Waals surface area contributed by atoms with E-state index in [1.165, 1.54) is 17.0 Å². The fourth-order valence-electron chi connectivity index (χ4n) is 5.40. The lowest BCUT2D eigenvalue weighted by atomic mass is 10.1. The van der Waals surface area contributed by atoms with Crippen LogP contribution in [-0.2, 0) is 26.0 Å². The van der Waals surface area contributed by atoms with Gasteiger partial charge in [-0.3, -0.25) is 13.9 Å². The molecule has 1 unspecified atom stereocenters. The van der Waals surface area contributed by atoms with Gasteiger partial charge in [-0.15, -0.1) is 0 Å². The molecule has 3 aromatic rings. The largest absolute Gasteiger partial charge is 0.486 e. The first-order chi connectivity index (χ1) is 20.3. The van der Waals surface area contributed by atoms with Gasteiger partial charge in [0.1, 0.15) is 25.8 Å². The molecule has 2 aliphatic rings. The number of nitrogens with zero attached hydrogens (tertiary/aromatic N) is 2. The first-order valence-corrected chi connectivity index (χ1v) is 15.9. The van der Waals surface area contributed by atoms with E-state index in [-0.39, 0.29) is 29.1 Å². The van der Waals surface area contributed by atoms with Crippen LogP contribution in [0.1, 0.15) is 38.2 Å². The Morgan fingerprint density at radius 3 is 2.24 bits per heavy atom. The zero-order chi connectivity index (χ0) is 29.5. The summed E-state index contributed by atoms with van der Waals surface area (Å²) in [5, 5.41) is 3.09. The molecule has 9 nitrogen and oxygen atoms in total. The summed E-state index contributed by atoms with van der Waals surface area (Å²) in [6, 6.07) is 21.8. The van der Waals surface area contributed by atoms with E-state index in [1.807, 2.05) is 30.3 Å². The molecule has 3 aromatic carbocycles. The van der Waals surface area contributed by atoms with E-state index in [4.69, 9.17) is 9.47 Å². The van der Waals surface area contributed by atoms with Crippen LogP contribution in [0.4, 0.5) is 5.69 Å². The topological polar surface area (TPSA) is 105 Å². The number of sulfonamides is 1. The third-order valence-corrected chi connectivity index (χ3v) is 9.56. The number of nitrogens with one attached hydrogen (secondary N) is 1. The Morgan fingerprint density at radius 2 is 1.55 bits per heavy atom. The molecule has 0 spiro atoms. The number of amides is 2. The molecule has 1 heterocycles. The molecule has 0 radical (unpaired) electrons. The summed E-state index contributed by atoms with van der Waals surface area (Å²) in [6.45, 7) is 2.19. The average molecular weight is 592 g/mol. The van der Waals surface area contributed by atoms with E-state index in [2.05, 4.69) is 5.32 Å². The van der Waals surface area contributed by atoms with Gasteiger partial charge in [0, 0.05) is 18.7 Å². The molecule has 0 aromatic heterocycles. The van der Waals surface area contributed by atoms with Gasteiger partial charge in [0.15, 0.2) is 11.5 Å². The SMILES string of the molecule is CC(C(=O)NC1CCCC1)N(CCc1ccccc1)C(=O)CN(c1ccc2c(c1)OCCO2)S(=O)(=O)c1ccccc1. The number of hydrogen-bond donors (Lipinski definition) is 1. The van der Waals surface area contributed by atoms with Gasteiger partial charge in [-0.05, 0) is 56.0 Å². The minimum atomic E-state index is -4.15. The number of anilines is 1. The van der Waals surface area contributed by atoms with E-state index in [0.717, 1.165) is 35.6 Å². The van der Waals surface area contributed by atoms with Gasteiger partial charge < -0.3 is 19.7 Å². The van der Waals surface area contributed by atoms with Crippen molar-refractivity contribution in [1.82, 2.24) is 10.2 Å². The highest BCUT2D eigenvalue weighted by atomic mass is 32.2. The predicted octanol–water partition coefficient (Wildman–Crippen LogP) is 4.17. The highest BCUT2D eigenvalue weighted by Crippen LogP contribution is 2.36. The van der Waals surface area contributed by atoms with Crippen molar-refractivity contribution >= 4 is 27.5 Å². The third kappa shape index (κ3) is 6.87. The van der Waals surface area contributed by atoms with Crippen molar-refractivity contribution in [3.8, 4) is 11.5 Å². The molecule has 1 atom stereocenters. The lowest BCUT2D eigenvalue weighted by molar-refractivity contribution is -0.139. The Morgan fingerprint density at radius 1 is 0.905 bits per heavy atom. The lowest BCUT2D eigenvalue weighted by Crippen LogP contribution is -2.53. The highest BCUT2D eigenvalue weighted by molar-refractivity contribution is 7.92. The normalized spacial score (nSPS) is 15.5. The van der Waals surface area contributed by atoms with Crippen molar-refractivity contribution in [3.63, 3.8) is 0 Å². The van der Waals surface area contributed by atoms with Crippen molar-refractivity contribution in [3.05, 3.63) is 84.4 Å². The van der Waals surface area contributed by atoms with Crippen LogP contribution in [0, 0.1) is 0 Å². The zero-order valence-corrected chi connectivity index (χ0v) is 24.6. The van der Waals surface area contributed by atoms with E-state index < -0.39 is 28.5 Å². The van der Waals surface area contributed by atoms with Gasteiger partial charge in [0.2, 0.25) is 11.8 Å². The van der Waals surface area contributed by atoms with Crippen LogP contribution in [0.3, 0.4) is 0 Å². The van der Waals surface area contributed by atoms with Crippen LogP contribution in [0.2, 0.25) is 0 Å². The molecule has 1 saturated carbocycles. The summed E-state index contributed by atoms with van der Waals surface area (Å²) in [7, 11) is -4.15. The fourth-order valence-corrected chi connectivity index (χ4v) is 6.82. The van der Waals surface area contributed by atoms with Gasteiger partial charge in [0.05, 0.1) is 10.6 Å². The van der Waals surface area contributed by atoms with Gasteiger partial charge in [-0.1, -0.05) is 61.4 Å². The number of benzene rings is 3. The summed E-state index contributed by atoms with van der Waals surface area (Å²) >= 11 is 0. The molecule has 5 rings (SSSR count). The molecule has 0 bridgehead atoms. The van der Waals surface area contributed by atoms with E-state index in [1.54, 1.807) is 43.3 Å². The second-order valence-corrected chi connectivity index (χ2v) is 12.5. The number of carbonyl (C=O) groups excluding carboxylic acids is 2. The second-order valence-electron chi connectivity index (χ2n) is 10.6. The van der Waals surface area contributed by atoms with Crippen molar-refractivity contribution in [2.75, 3.05) is 30.6 Å². The van der Waals surface area contributed by atoms with Crippen LogP contribution >= 0.6 is 0 Å². The molecule has 1 aliphatic carbocycles. The molecule has 0 saturated heterocycles. The van der Waals surface area contributed by atoms with Crippen molar-refractivity contribution in [2.24, 2.45) is 0 Å². The number of carbonyl (C=O) groups is 2. The van der Waals surface area contributed by atoms with Crippen LogP contribution in [0.5, 0.6) is 11.5 Å². The van der Waals surface area contributed by atoms with Gasteiger partial charge >= 0.3 is 0 Å². The minimum absolute atomic E-state index is 0.0514. The fraction of sp³-hybridized carbons (Fsp3) is 0.375. The Kier molecular flexibility index (Phi) is 9.31. The number of rotatable bonds is 11. The maximum atomic E-state index is 14.1. The van der Waals surface area contributed by atoms with Gasteiger partial charge in [0.25, 0.3) is 10.0 Å². The molecule has 2 amide bonds. The highest BCUT2D eigenvalue weighted by Gasteiger charge is 2.33. The van der Waals surface area contributed by atoms with E-state index in [9.17, 15) is 18.0 Å². The summed E-state index contributed by atoms with van der Waals surface area (Å²) in [6.07, 6.45) is 4.49. The van der Waals surface area contributed by atoms with Crippen LogP contribution in [0.15, 0.2) is 83.8 Å². The predicted molar refractivity (Wildman–Crippen MR) is 160 cm³/mol. The number of ether oxygens (including phenoxy) is 2. The second kappa shape index (κ2) is 13.3. The molecule has 222 valence electrons. The zero-order valence-electron chi connectivity index (χ0n) is 23.8. The van der Waals surface area contributed by atoms with Crippen molar-refractivity contribution in [2.45, 2.75) is 56.0 Å². The molecular formula is C32H37N3O6S. The standard InChI is InChI=1S/C32H37N3O6S/c1-24(32(37)33-26-12-8-9-13-26)34(19-18-25-10-4-2-5-11-25)31(36)23-35(42(38,39)28-14-6-3-7-15-28)27-16-17-29-30(22-27)41-21-20-40-29/h2-7,10-11,14-17,22,24,26H,8-9,12-13,18-21,23H2,1H3,(H,33,37). The average Bonchev–Trinajstić information content (AvgIpc) is 3.53. The smallest absolute Gasteiger partial charge is 0.264 e. The summed E-state index contributed by atoms with van der Waals surface area (Å²) in [5.41, 5.74) is 1.28. The Hall–Kier alpha value is -4.05. The molecule has 1 aliphatic heterocycles. The first kappa shape index (κ1) is 29.4.